The van der Waals surface area contributed by atoms with E-state index in [0.29, 0.717) is 0 Å². The van der Waals surface area contributed by atoms with Crippen LogP contribution in [0.25, 0.3) is 0 Å². The predicted octanol–water partition coefficient (Wildman–Crippen LogP) is 1.75. The number of hydrogen-bond acceptors (Lipinski definition) is 3. The molecule has 0 radical (unpaired) electrons. The standard InChI is InChI=1S/C12H20N2O2/c1-7-5-6-11(16-7)10(4)14-12(15)8(2)9(3)13/h5-6,8-10H,13H2,1-4H3,(H,14,15). The average Bonchev–Trinajstić information content (AvgIpc) is 2.63. The molecule has 0 saturated carbocycles. The zero-order chi connectivity index (χ0) is 12.3. The van der Waals surface area contributed by atoms with Crippen LogP contribution < -0.4 is 11.1 Å². The van der Waals surface area contributed by atoms with Crippen LogP contribution in [0, 0.1) is 12.8 Å². The van der Waals surface area contributed by atoms with E-state index in [2.05, 4.69) is 5.32 Å². The maximum atomic E-state index is 11.7. The summed E-state index contributed by atoms with van der Waals surface area (Å²) in [4.78, 5) is 11.7. The molecule has 3 N–H and O–H groups in total. The first-order chi connectivity index (χ1) is 7.41. The molecule has 90 valence electrons. The summed E-state index contributed by atoms with van der Waals surface area (Å²) >= 11 is 0. The third-order valence-corrected chi connectivity index (χ3v) is 2.75. The molecule has 1 heterocycles. The summed E-state index contributed by atoms with van der Waals surface area (Å²) in [5.41, 5.74) is 5.67. The molecule has 0 aliphatic carbocycles. The number of carbonyl (C=O) groups is 1. The molecule has 4 heteroatoms. The summed E-state index contributed by atoms with van der Waals surface area (Å²) in [5, 5.41) is 2.88. The van der Waals surface area contributed by atoms with Gasteiger partial charge in [-0.05, 0) is 32.9 Å². The van der Waals surface area contributed by atoms with Gasteiger partial charge in [0.15, 0.2) is 0 Å². The molecule has 0 aromatic carbocycles. The SMILES string of the molecule is Cc1ccc(C(C)NC(=O)C(C)C(C)N)o1. The number of carbonyl (C=O) groups excluding carboxylic acids is 1. The van der Waals surface area contributed by atoms with Crippen molar-refractivity contribution >= 4 is 5.91 Å². The second kappa shape index (κ2) is 5.16. The Balaban J connectivity index is 2.58. The van der Waals surface area contributed by atoms with Crippen molar-refractivity contribution in [3.05, 3.63) is 23.7 Å². The van der Waals surface area contributed by atoms with Crippen molar-refractivity contribution < 1.29 is 9.21 Å². The first kappa shape index (κ1) is 12.8. The highest BCUT2D eigenvalue weighted by atomic mass is 16.3. The van der Waals surface area contributed by atoms with Gasteiger partial charge < -0.3 is 15.5 Å². The lowest BCUT2D eigenvalue weighted by molar-refractivity contribution is -0.125. The van der Waals surface area contributed by atoms with Crippen LogP contribution in [0.3, 0.4) is 0 Å². The third kappa shape index (κ3) is 3.10. The molecule has 16 heavy (non-hydrogen) atoms. The molecule has 0 saturated heterocycles. The molecule has 3 atom stereocenters. The Morgan fingerprint density at radius 1 is 1.38 bits per heavy atom. The molecule has 0 spiro atoms. The first-order valence-electron chi connectivity index (χ1n) is 5.54. The fourth-order valence-electron chi connectivity index (χ4n) is 1.34. The molecule has 1 aromatic rings. The third-order valence-electron chi connectivity index (χ3n) is 2.75. The summed E-state index contributed by atoms with van der Waals surface area (Å²) in [6.45, 7) is 7.42. The molecular weight excluding hydrogens is 204 g/mol. The second-order valence-electron chi connectivity index (χ2n) is 4.33. The van der Waals surface area contributed by atoms with E-state index >= 15 is 0 Å². The van der Waals surface area contributed by atoms with Gasteiger partial charge in [0.05, 0.1) is 6.04 Å². The van der Waals surface area contributed by atoms with E-state index in [4.69, 9.17) is 10.2 Å². The van der Waals surface area contributed by atoms with Crippen LogP contribution in [0.15, 0.2) is 16.5 Å². The van der Waals surface area contributed by atoms with Crippen LogP contribution in [-0.4, -0.2) is 11.9 Å². The number of amides is 1. The van der Waals surface area contributed by atoms with E-state index in [-0.39, 0.29) is 23.9 Å². The van der Waals surface area contributed by atoms with Gasteiger partial charge in [0, 0.05) is 12.0 Å². The minimum absolute atomic E-state index is 0.0449. The van der Waals surface area contributed by atoms with Crippen molar-refractivity contribution in [1.29, 1.82) is 0 Å². The van der Waals surface area contributed by atoms with Gasteiger partial charge in [-0.15, -0.1) is 0 Å². The fourth-order valence-corrected chi connectivity index (χ4v) is 1.34. The first-order valence-corrected chi connectivity index (χ1v) is 5.54. The second-order valence-corrected chi connectivity index (χ2v) is 4.33. The molecule has 1 aromatic heterocycles. The van der Waals surface area contributed by atoms with E-state index in [9.17, 15) is 4.79 Å². The number of furan rings is 1. The highest BCUT2D eigenvalue weighted by Gasteiger charge is 2.20. The summed E-state index contributed by atoms with van der Waals surface area (Å²) < 4.78 is 5.44. The Hall–Kier alpha value is -1.29. The Bertz CT molecular complexity index is 358. The summed E-state index contributed by atoms with van der Waals surface area (Å²) in [5.74, 6) is 1.37. The van der Waals surface area contributed by atoms with Gasteiger partial charge in [0.25, 0.3) is 0 Å². The molecular formula is C12H20N2O2. The van der Waals surface area contributed by atoms with Crippen LogP contribution in [0.2, 0.25) is 0 Å². The van der Waals surface area contributed by atoms with Gasteiger partial charge in [0.1, 0.15) is 11.5 Å². The van der Waals surface area contributed by atoms with Crippen molar-refractivity contribution in [2.24, 2.45) is 11.7 Å². The maximum absolute atomic E-state index is 11.7. The zero-order valence-corrected chi connectivity index (χ0v) is 10.3. The molecule has 0 aliphatic rings. The fraction of sp³-hybridized carbons (Fsp3) is 0.583. The molecule has 0 fully saturated rings. The molecule has 1 rings (SSSR count). The van der Waals surface area contributed by atoms with Crippen LogP contribution in [-0.2, 0) is 4.79 Å². The Kier molecular flexibility index (Phi) is 4.12. The maximum Gasteiger partial charge on any atom is 0.224 e. The number of nitrogens with two attached hydrogens (primary N) is 1. The van der Waals surface area contributed by atoms with Crippen molar-refractivity contribution in [3.63, 3.8) is 0 Å². The molecule has 4 nitrogen and oxygen atoms in total. The van der Waals surface area contributed by atoms with Crippen molar-refractivity contribution in [3.8, 4) is 0 Å². The quantitative estimate of drug-likeness (QED) is 0.818. The monoisotopic (exact) mass is 224 g/mol. The predicted molar refractivity (Wildman–Crippen MR) is 62.8 cm³/mol. The lowest BCUT2D eigenvalue weighted by atomic mass is 10.0. The van der Waals surface area contributed by atoms with Crippen LogP contribution in [0.4, 0.5) is 0 Å². The average molecular weight is 224 g/mol. The number of nitrogens with one attached hydrogen (secondary N) is 1. The van der Waals surface area contributed by atoms with Crippen molar-refractivity contribution in [1.82, 2.24) is 5.32 Å². The van der Waals surface area contributed by atoms with Gasteiger partial charge in [-0.1, -0.05) is 6.92 Å². The van der Waals surface area contributed by atoms with Crippen molar-refractivity contribution in [2.45, 2.75) is 39.8 Å². The highest BCUT2D eigenvalue weighted by Crippen LogP contribution is 2.16. The molecule has 0 bridgehead atoms. The largest absolute Gasteiger partial charge is 0.464 e. The topological polar surface area (TPSA) is 68.3 Å². The van der Waals surface area contributed by atoms with Gasteiger partial charge in [-0.2, -0.15) is 0 Å². The Labute approximate surface area is 96.2 Å². The normalized spacial score (nSPS) is 16.6. The van der Waals surface area contributed by atoms with Crippen LogP contribution in [0.5, 0.6) is 0 Å². The van der Waals surface area contributed by atoms with E-state index in [1.54, 1.807) is 0 Å². The molecule has 3 unspecified atom stereocenters. The number of hydrogen-bond donors (Lipinski definition) is 2. The van der Waals surface area contributed by atoms with Gasteiger partial charge in [0.2, 0.25) is 5.91 Å². The van der Waals surface area contributed by atoms with Crippen LogP contribution in [0.1, 0.15) is 38.3 Å². The van der Waals surface area contributed by atoms with Gasteiger partial charge >= 0.3 is 0 Å². The van der Waals surface area contributed by atoms with E-state index in [0.717, 1.165) is 11.5 Å². The Morgan fingerprint density at radius 3 is 2.44 bits per heavy atom. The van der Waals surface area contributed by atoms with E-state index < -0.39 is 0 Å². The lowest BCUT2D eigenvalue weighted by Crippen LogP contribution is -2.39. The Morgan fingerprint density at radius 2 is 2.00 bits per heavy atom. The van der Waals surface area contributed by atoms with E-state index in [1.165, 1.54) is 0 Å². The van der Waals surface area contributed by atoms with E-state index in [1.807, 2.05) is 39.8 Å². The summed E-state index contributed by atoms with van der Waals surface area (Å²) in [6, 6.07) is 3.48. The highest BCUT2D eigenvalue weighted by molar-refractivity contribution is 5.79. The molecule has 0 aliphatic heterocycles. The van der Waals surface area contributed by atoms with Crippen LogP contribution >= 0.6 is 0 Å². The minimum atomic E-state index is -0.196. The number of aryl methyl sites for hydroxylation is 1. The smallest absolute Gasteiger partial charge is 0.224 e. The summed E-state index contributed by atoms with van der Waals surface area (Å²) in [7, 11) is 0. The lowest BCUT2D eigenvalue weighted by Gasteiger charge is -2.18. The van der Waals surface area contributed by atoms with Gasteiger partial charge in [-0.25, -0.2) is 0 Å². The zero-order valence-electron chi connectivity index (χ0n) is 10.3. The van der Waals surface area contributed by atoms with Gasteiger partial charge in [-0.3, -0.25) is 4.79 Å². The minimum Gasteiger partial charge on any atom is -0.464 e. The van der Waals surface area contributed by atoms with Crippen molar-refractivity contribution in [2.75, 3.05) is 0 Å². The number of rotatable bonds is 4. The summed E-state index contributed by atoms with van der Waals surface area (Å²) in [6.07, 6.45) is 0. The molecule has 1 amide bonds.